The molecule has 2 N–H and O–H groups in total. The van der Waals surface area contributed by atoms with E-state index in [2.05, 4.69) is 26.6 Å². The van der Waals surface area contributed by atoms with Crippen molar-refractivity contribution in [2.24, 2.45) is 11.3 Å². The fraction of sp³-hybridized carbons (Fsp3) is 0.533. The SMILES string of the molecule is CC(C)(C(=O)Nc1cc(Br)ccc1Cl)C1CCCNC1. The van der Waals surface area contributed by atoms with E-state index in [1.54, 1.807) is 6.07 Å². The molecule has 1 aromatic carbocycles. The first kappa shape index (κ1) is 15.8. The average molecular weight is 360 g/mol. The summed E-state index contributed by atoms with van der Waals surface area (Å²) in [7, 11) is 0. The second-order valence-electron chi connectivity index (χ2n) is 5.84. The van der Waals surface area contributed by atoms with Crippen LogP contribution in [0.5, 0.6) is 0 Å². The number of halogens is 2. The average Bonchev–Trinajstić information content (AvgIpc) is 2.43. The number of hydrogen-bond donors (Lipinski definition) is 2. The molecule has 0 spiro atoms. The zero-order valence-electron chi connectivity index (χ0n) is 11.8. The van der Waals surface area contributed by atoms with Gasteiger partial charge in [0.25, 0.3) is 0 Å². The molecule has 1 saturated heterocycles. The highest BCUT2D eigenvalue weighted by molar-refractivity contribution is 9.10. The van der Waals surface area contributed by atoms with Crippen LogP contribution in [-0.2, 0) is 4.79 Å². The van der Waals surface area contributed by atoms with Crippen LogP contribution in [0.2, 0.25) is 5.02 Å². The number of anilines is 1. The standard InChI is InChI=1S/C15H20BrClN2O/c1-15(2,10-4-3-7-18-9-10)14(20)19-13-8-11(16)5-6-12(13)17/h5-6,8,10,18H,3-4,7,9H2,1-2H3,(H,19,20). The minimum Gasteiger partial charge on any atom is -0.324 e. The molecule has 5 heteroatoms. The largest absolute Gasteiger partial charge is 0.324 e. The number of nitrogens with one attached hydrogen (secondary N) is 2. The molecule has 1 aromatic rings. The first-order chi connectivity index (χ1) is 9.41. The Morgan fingerprint density at radius 3 is 2.90 bits per heavy atom. The quantitative estimate of drug-likeness (QED) is 0.854. The predicted molar refractivity (Wildman–Crippen MR) is 87.2 cm³/mol. The summed E-state index contributed by atoms with van der Waals surface area (Å²) in [5, 5.41) is 6.88. The molecule has 1 aliphatic rings. The van der Waals surface area contributed by atoms with Crippen LogP contribution in [-0.4, -0.2) is 19.0 Å². The van der Waals surface area contributed by atoms with Crippen molar-refractivity contribution in [3.8, 4) is 0 Å². The first-order valence-corrected chi connectivity index (χ1v) is 8.05. The summed E-state index contributed by atoms with van der Waals surface area (Å²) in [6.07, 6.45) is 2.21. The van der Waals surface area contributed by atoms with Crippen molar-refractivity contribution in [3.63, 3.8) is 0 Å². The van der Waals surface area contributed by atoms with E-state index in [0.717, 1.165) is 30.4 Å². The molecule has 1 fully saturated rings. The Hall–Kier alpha value is -0.580. The molecule has 1 unspecified atom stereocenters. The lowest BCUT2D eigenvalue weighted by Crippen LogP contribution is -2.44. The van der Waals surface area contributed by atoms with Gasteiger partial charge in [-0.2, -0.15) is 0 Å². The number of benzene rings is 1. The van der Waals surface area contributed by atoms with Gasteiger partial charge in [0.15, 0.2) is 0 Å². The fourth-order valence-electron chi connectivity index (χ4n) is 2.53. The van der Waals surface area contributed by atoms with Crippen LogP contribution >= 0.6 is 27.5 Å². The summed E-state index contributed by atoms with van der Waals surface area (Å²) in [5.74, 6) is 0.369. The number of rotatable bonds is 3. The van der Waals surface area contributed by atoms with Crippen LogP contribution in [0.4, 0.5) is 5.69 Å². The van der Waals surface area contributed by atoms with E-state index in [1.807, 2.05) is 26.0 Å². The second-order valence-corrected chi connectivity index (χ2v) is 7.17. The summed E-state index contributed by atoms with van der Waals surface area (Å²) in [4.78, 5) is 12.6. The summed E-state index contributed by atoms with van der Waals surface area (Å²) < 4.78 is 0.898. The normalized spacial score (nSPS) is 19.7. The smallest absolute Gasteiger partial charge is 0.230 e. The molecule has 1 aliphatic heterocycles. The van der Waals surface area contributed by atoms with Crippen molar-refractivity contribution in [1.82, 2.24) is 5.32 Å². The molecule has 0 bridgehead atoms. The fourth-order valence-corrected chi connectivity index (χ4v) is 3.06. The molecular weight excluding hydrogens is 340 g/mol. The number of carbonyl (C=O) groups excluding carboxylic acids is 1. The summed E-state index contributed by atoms with van der Waals surface area (Å²) in [5.41, 5.74) is 0.238. The van der Waals surface area contributed by atoms with Gasteiger partial charge in [0.1, 0.15) is 0 Å². The Kier molecular flexibility index (Phi) is 5.10. The Labute approximate surface area is 133 Å². The molecule has 0 saturated carbocycles. The molecule has 20 heavy (non-hydrogen) atoms. The van der Waals surface area contributed by atoms with Gasteiger partial charge in [-0.15, -0.1) is 0 Å². The van der Waals surface area contributed by atoms with Crippen molar-refractivity contribution < 1.29 is 4.79 Å². The third-order valence-corrected chi connectivity index (χ3v) is 4.90. The molecule has 1 heterocycles. The lowest BCUT2D eigenvalue weighted by atomic mass is 9.74. The monoisotopic (exact) mass is 358 g/mol. The number of carbonyl (C=O) groups is 1. The maximum absolute atomic E-state index is 12.6. The highest BCUT2D eigenvalue weighted by Gasteiger charge is 2.37. The maximum atomic E-state index is 12.6. The predicted octanol–water partition coefficient (Wildman–Crippen LogP) is 4.07. The van der Waals surface area contributed by atoms with Crippen molar-refractivity contribution in [2.75, 3.05) is 18.4 Å². The topological polar surface area (TPSA) is 41.1 Å². The molecule has 0 radical (unpaired) electrons. The van der Waals surface area contributed by atoms with Gasteiger partial charge in [0, 0.05) is 9.89 Å². The first-order valence-electron chi connectivity index (χ1n) is 6.88. The Bertz CT molecular complexity index is 499. The zero-order chi connectivity index (χ0) is 14.8. The summed E-state index contributed by atoms with van der Waals surface area (Å²) in [6.45, 7) is 5.95. The van der Waals surface area contributed by atoms with Crippen LogP contribution < -0.4 is 10.6 Å². The molecule has 1 atom stereocenters. The van der Waals surface area contributed by atoms with Gasteiger partial charge < -0.3 is 10.6 Å². The van der Waals surface area contributed by atoms with E-state index in [1.165, 1.54) is 0 Å². The van der Waals surface area contributed by atoms with Crippen LogP contribution in [0, 0.1) is 11.3 Å². The van der Waals surface area contributed by atoms with Crippen LogP contribution in [0.25, 0.3) is 0 Å². The van der Waals surface area contributed by atoms with E-state index in [0.29, 0.717) is 16.6 Å². The molecule has 3 nitrogen and oxygen atoms in total. The van der Waals surface area contributed by atoms with Gasteiger partial charge in [-0.05, 0) is 50.0 Å². The van der Waals surface area contributed by atoms with E-state index in [4.69, 9.17) is 11.6 Å². The van der Waals surface area contributed by atoms with Crippen LogP contribution in [0.15, 0.2) is 22.7 Å². The summed E-state index contributed by atoms with van der Waals surface area (Å²) >= 11 is 9.52. The van der Waals surface area contributed by atoms with Crippen molar-refractivity contribution in [1.29, 1.82) is 0 Å². The summed E-state index contributed by atoms with van der Waals surface area (Å²) in [6, 6.07) is 5.46. The van der Waals surface area contributed by atoms with Crippen molar-refractivity contribution >= 4 is 39.1 Å². The second kappa shape index (κ2) is 6.46. The molecule has 1 amide bonds. The van der Waals surface area contributed by atoms with Gasteiger partial charge in [0.05, 0.1) is 10.7 Å². The van der Waals surface area contributed by atoms with Crippen LogP contribution in [0.3, 0.4) is 0 Å². The van der Waals surface area contributed by atoms with Gasteiger partial charge in [0.2, 0.25) is 5.91 Å². The van der Waals surface area contributed by atoms with E-state index in [-0.39, 0.29) is 5.91 Å². The van der Waals surface area contributed by atoms with Gasteiger partial charge in [-0.1, -0.05) is 41.4 Å². The Morgan fingerprint density at radius 2 is 2.25 bits per heavy atom. The molecule has 0 aliphatic carbocycles. The Balaban J connectivity index is 2.11. The van der Waals surface area contributed by atoms with Gasteiger partial charge in [-0.25, -0.2) is 0 Å². The number of piperidine rings is 1. The zero-order valence-corrected chi connectivity index (χ0v) is 14.1. The molecule has 2 rings (SSSR count). The van der Waals surface area contributed by atoms with E-state index < -0.39 is 5.41 Å². The molecular formula is C15H20BrClN2O. The third-order valence-electron chi connectivity index (χ3n) is 4.08. The van der Waals surface area contributed by atoms with Crippen molar-refractivity contribution in [3.05, 3.63) is 27.7 Å². The van der Waals surface area contributed by atoms with Gasteiger partial charge >= 0.3 is 0 Å². The minimum atomic E-state index is -0.418. The van der Waals surface area contributed by atoms with E-state index >= 15 is 0 Å². The molecule has 110 valence electrons. The minimum absolute atomic E-state index is 0.0196. The lowest BCUT2D eigenvalue weighted by Gasteiger charge is -2.36. The number of hydrogen-bond acceptors (Lipinski definition) is 2. The number of amides is 1. The molecule has 0 aromatic heterocycles. The van der Waals surface area contributed by atoms with E-state index in [9.17, 15) is 4.79 Å². The van der Waals surface area contributed by atoms with Gasteiger partial charge in [-0.3, -0.25) is 4.79 Å². The third kappa shape index (κ3) is 3.54. The van der Waals surface area contributed by atoms with Crippen molar-refractivity contribution in [2.45, 2.75) is 26.7 Å². The maximum Gasteiger partial charge on any atom is 0.230 e. The van der Waals surface area contributed by atoms with Crippen LogP contribution in [0.1, 0.15) is 26.7 Å². The highest BCUT2D eigenvalue weighted by atomic mass is 79.9. The lowest BCUT2D eigenvalue weighted by molar-refractivity contribution is -0.127. The highest BCUT2D eigenvalue weighted by Crippen LogP contribution is 2.34. The Morgan fingerprint density at radius 1 is 1.50 bits per heavy atom.